The van der Waals surface area contributed by atoms with E-state index in [0.717, 1.165) is 22.6 Å². The number of rotatable bonds is 8. The van der Waals surface area contributed by atoms with Gasteiger partial charge < -0.3 is 10.0 Å². The Balaban J connectivity index is 1.77. The summed E-state index contributed by atoms with van der Waals surface area (Å²) in [4.78, 5) is 26.7. The molecule has 3 rings (SSSR count). The van der Waals surface area contributed by atoms with E-state index in [4.69, 9.17) is 5.11 Å². The highest BCUT2D eigenvalue weighted by atomic mass is 32.2. The molecule has 0 saturated heterocycles. The summed E-state index contributed by atoms with van der Waals surface area (Å²) >= 11 is 1.35. The standard InChI is InChI=1S/C22H25NO3S/c1-2-3-4-7-16-10-12-17(13-11-16)15-23-18-8-5-6-9-19(18)27-20(22(23)26)14-21(24)25/h5-6,8-13,20H,2-4,7,14-15H2,1H3,(H,24,25). The predicted octanol–water partition coefficient (Wildman–Crippen LogP) is 4.90. The molecule has 1 N–H and O–H groups in total. The second-order valence-corrected chi connectivity index (χ2v) is 8.11. The van der Waals surface area contributed by atoms with E-state index >= 15 is 0 Å². The highest BCUT2D eigenvalue weighted by Gasteiger charge is 2.34. The molecule has 2 aromatic rings. The van der Waals surface area contributed by atoms with Crippen LogP contribution in [0.4, 0.5) is 5.69 Å². The molecule has 0 spiro atoms. The first kappa shape index (κ1) is 19.5. The number of carbonyl (C=O) groups excluding carboxylic acids is 1. The monoisotopic (exact) mass is 383 g/mol. The molecule has 2 aromatic carbocycles. The first-order valence-electron chi connectivity index (χ1n) is 9.45. The Hall–Kier alpha value is -2.27. The normalized spacial score (nSPS) is 16.3. The predicted molar refractivity (Wildman–Crippen MR) is 109 cm³/mol. The van der Waals surface area contributed by atoms with E-state index in [0.29, 0.717) is 6.54 Å². The van der Waals surface area contributed by atoms with Crippen molar-refractivity contribution in [2.24, 2.45) is 0 Å². The number of thioether (sulfide) groups is 1. The van der Waals surface area contributed by atoms with Crippen molar-refractivity contribution in [2.45, 2.75) is 55.7 Å². The van der Waals surface area contributed by atoms with Gasteiger partial charge in [0.05, 0.1) is 23.9 Å². The minimum atomic E-state index is -0.948. The molecule has 0 saturated carbocycles. The summed E-state index contributed by atoms with van der Waals surface area (Å²) in [6.07, 6.45) is 4.57. The van der Waals surface area contributed by atoms with Crippen LogP contribution in [0.3, 0.4) is 0 Å². The molecule has 0 bridgehead atoms. The summed E-state index contributed by atoms with van der Waals surface area (Å²) in [7, 11) is 0. The van der Waals surface area contributed by atoms with Gasteiger partial charge in [0.25, 0.3) is 0 Å². The first-order chi connectivity index (χ1) is 13.1. The van der Waals surface area contributed by atoms with Crippen LogP contribution in [-0.4, -0.2) is 22.2 Å². The second-order valence-electron chi connectivity index (χ2n) is 6.87. The number of hydrogen-bond acceptors (Lipinski definition) is 3. The van der Waals surface area contributed by atoms with E-state index in [1.807, 2.05) is 24.3 Å². The van der Waals surface area contributed by atoms with Gasteiger partial charge in [0.1, 0.15) is 0 Å². The molecule has 1 unspecified atom stereocenters. The van der Waals surface area contributed by atoms with E-state index in [-0.39, 0.29) is 12.3 Å². The van der Waals surface area contributed by atoms with Crippen molar-refractivity contribution < 1.29 is 14.7 Å². The number of para-hydroxylation sites is 1. The number of carbonyl (C=O) groups is 2. The van der Waals surface area contributed by atoms with Crippen molar-refractivity contribution in [2.75, 3.05) is 4.90 Å². The molecule has 0 aliphatic carbocycles. The fraction of sp³-hybridized carbons (Fsp3) is 0.364. The zero-order valence-corrected chi connectivity index (χ0v) is 16.4. The van der Waals surface area contributed by atoms with Crippen LogP contribution >= 0.6 is 11.8 Å². The molecule has 1 aliphatic heterocycles. The van der Waals surface area contributed by atoms with Crippen LogP contribution < -0.4 is 4.90 Å². The summed E-state index contributed by atoms with van der Waals surface area (Å²) < 4.78 is 0. The second kappa shape index (κ2) is 9.09. The lowest BCUT2D eigenvalue weighted by Gasteiger charge is -2.33. The Morgan fingerprint density at radius 2 is 1.78 bits per heavy atom. The largest absolute Gasteiger partial charge is 0.481 e. The molecule has 27 heavy (non-hydrogen) atoms. The van der Waals surface area contributed by atoms with E-state index in [9.17, 15) is 9.59 Å². The van der Waals surface area contributed by atoms with Crippen molar-refractivity contribution in [3.63, 3.8) is 0 Å². The molecule has 0 radical (unpaired) electrons. The number of aryl methyl sites for hydroxylation is 1. The lowest BCUT2D eigenvalue weighted by Crippen LogP contribution is -2.41. The fourth-order valence-corrected chi connectivity index (χ4v) is 4.52. The van der Waals surface area contributed by atoms with Gasteiger partial charge in [-0.05, 0) is 36.1 Å². The zero-order valence-electron chi connectivity index (χ0n) is 15.6. The van der Waals surface area contributed by atoms with Gasteiger partial charge in [-0.15, -0.1) is 11.8 Å². The first-order valence-corrected chi connectivity index (χ1v) is 10.3. The van der Waals surface area contributed by atoms with Gasteiger partial charge in [0.15, 0.2) is 0 Å². The van der Waals surface area contributed by atoms with Gasteiger partial charge in [-0.1, -0.05) is 56.2 Å². The van der Waals surface area contributed by atoms with Crippen LogP contribution in [0.15, 0.2) is 53.4 Å². The van der Waals surface area contributed by atoms with Crippen LogP contribution in [0.5, 0.6) is 0 Å². The summed E-state index contributed by atoms with van der Waals surface area (Å²) in [5, 5.41) is 8.56. The van der Waals surface area contributed by atoms with Crippen molar-refractivity contribution in [3.05, 3.63) is 59.7 Å². The van der Waals surface area contributed by atoms with Crippen molar-refractivity contribution >= 4 is 29.3 Å². The Morgan fingerprint density at radius 1 is 1.07 bits per heavy atom. The lowest BCUT2D eigenvalue weighted by molar-refractivity contribution is -0.138. The van der Waals surface area contributed by atoms with Gasteiger partial charge in [-0.3, -0.25) is 9.59 Å². The molecule has 0 fully saturated rings. The maximum atomic E-state index is 12.9. The zero-order chi connectivity index (χ0) is 19.2. The van der Waals surface area contributed by atoms with Crippen molar-refractivity contribution in [1.29, 1.82) is 0 Å². The molecule has 1 heterocycles. The third-order valence-corrected chi connectivity index (χ3v) is 6.01. The van der Waals surface area contributed by atoms with E-state index in [2.05, 4.69) is 31.2 Å². The third-order valence-electron chi connectivity index (χ3n) is 4.76. The number of carboxylic acids is 1. The van der Waals surface area contributed by atoms with E-state index in [1.54, 1.807) is 4.90 Å². The molecule has 5 heteroatoms. The lowest BCUT2D eigenvalue weighted by atomic mass is 10.0. The van der Waals surface area contributed by atoms with Gasteiger partial charge in [0, 0.05) is 4.90 Å². The Morgan fingerprint density at radius 3 is 2.48 bits per heavy atom. The maximum Gasteiger partial charge on any atom is 0.305 e. The molecular formula is C22H25NO3S. The Kier molecular flexibility index (Phi) is 6.56. The minimum Gasteiger partial charge on any atom is -0.481 e. The van der Waals surface area contributed by atoms with Gasteiger partial charge in [0.2, 0.25) is 5.91 Å². The quantitative estimate of drug-likeness (QED) is 0.659. The summed E-state index contributed by atoms with van der Waals surface area (Å²) in [5.41, 5.74) is 3.23. The van der Waals surface area contributed by atoms with Crippen LogP contribution in [0.2, 0.25) is 0 Å². The fourth-order valence-electron chi connectivity index (χ4n) is 3.30. The van der Waals surface area contributed by atoms with Gasteiger partial charge in [-0.25, -0.2) is 0 Å². The number of anilines is 1. The molecule has 1 aliphatic rings. The minimum absolute atomic E-state index is 0.131. The molecule has 1 atom stereocenters. The Labute approximate surface area is 164 Å². The van der Waals surface area contributed by atoms with E-state index < -0.39 is 11.2 Å². The maximum absolute atomic E-state index is 12.9. The molecule has 1 amide bonds. The number of fused-ring (bicyclic) bond motifs is 1. The van der Waals surface area contributed by atoms with Crippen LogP contribution in [0.1, 0.15) is 43.7 Å². The van der Waals surface area contributed by atoms with Crippen LogP contribution in [0, 0.1) is 0 Å². The summed E-state index contributed by atoms with van der Waals surface area (Å²) in [6.45, 7) is 2.66. The number of nitrogens with zero attached hydrogens (tertiary/aromatic N) is 1. The van der Waals surface area contributed by atoms with Crippen LogP contribution in [0.25, 0.3) is 0 Å². The van der Waals surface area contributed by atoms with Crippen molar-refractivity contribution in [3.8, 4) is 0 Å². The highest BCUT2D eigenvalue weighted by molar-refractivity contribution is 8.01. The molecular weight excluding hydrogens is 358 g/mol. The molecule has 142 valence electrons. The van der Waals surface area contributed by atoms with Crippen molar-refractivity contribution in [1.82, 2.24) is 0 Å². The topological polar surface area (TPSA) is 57.6 Å². The Bertz CT molecular complexity index is 803. The van der Waals surface area contributed by atoms with Crippen LogP contribution in [-0.2, 0) is 22.6 Å². The van der Waals surface area contributed by atoms with Gasteiger partial charge in [-0.2, -0.15) is 0 Å². The smallest absolute Gasteiger partial charge is 0.305 e. The molecule has 4 nitrogen and oxygen atoms in total. The SMILES string of the molecule is CCCCCc1ccc(CN2C(=O)C(CC(=O)O)Sc3ccccc32)cc1. The average Bonchev–Trinajstić information content (AvgIpc) is 2.66. The number of amides is 1. The summed E-state index contributed by atoms with van der Waals surface area (Å²) in [5.74, 6) is -1.08. The van der Waals surface area contributed by atoms with E-state index in [1.165, 1.54) is 36.6 Å². The third kappa shape index (κ3) is 4.92. The number of unbranched alkanes of at least 4 members (excludes halogenated alkanes) is 2. The molecule has 0 aromatic heterocycles. The average molecular weight is 384 g/mol. The van der Waals surface area contributed by atoms with Gasteiger partial charge >= 0.3 is 5.97 Å². The number of benzene rings is 2. The number of hydrogen-bond donors (Lipinski definition) is 1. The highest BCUT2D eigenvalue weighted by Crippen LogP contribution is 2.40. The summed E-state index contributed by atoms with van der Waals surface area (Å²) in [6, 6.07) is 16.1. The number of aliphatic carboxylic acids is 1. The number of carboxylic acid groups (broad SMARTS) is 1.